The lowest BCUT2D eigenvalue weighted by atomic mass is 10.1. The summed E-state index contributed by atoms with van der Waals surface area (Å²) < 4.78 is 42.0. The first-order valence-corrected chi connectivity index (χ1v) is 11.1. The van der Waals surface area contributed by atoms with Crippen LogP contribution in [-0.2, 0) is 17.5 Å². The number of aromatic nitrogens is 2. The zero-order valence-corrected chi connectivity index (χ0v) is 18.8. The van der Waals surface area contributed by atoms with E-state index in [1.54, 1.807) is 18.2 Å². The normalized spacial score (nSPS) is 12.7. The van der Waals surface area contributed by atoms with Crippen LogP contribution in [0.15, 0.2) is 52.4 Å². The summed E-state index contributed by atoms with van der Waals surface area (Å²) >= 11 is 1.35. The number of thioether (sulfide) groups is 1. The number of halogens is 3. The Morgan fingerprint density at radius 3 is 2.69 bits per heavy atom. The molecule has 32 heavy (non-hydrogen) atoms. The van der Waals surface area contributed by atoms with Crippen LogP contribution >= 0.6 is 11.8 Å². The second-order valence-electron chi connectivity index (χ2n) is 7.55. The number of carbonyl (C=O) groups is 1. The van der Waals surface area contributed by atoms with Gasteiger partial charge in [-0.15, -0.1) is 11.8 Å². The summed E-state index contributed by atoms with van der Waals surface area (Å²) in [5.41, 5.74) is -0.0360. The first-order chi connectivity index (χ1) is 15.1. The van der Waals surface area contributed by atoms with Crippen molar-refractivity contribution in [1.82, 2.24) is 9.55 Å². The zero-order chi connectivity index (χ0) is 23.5. The summed E-state index contributed by atoms with van der Waals surface area (Å²) in [5.74, 6) is -0.617. The van der Waals surface area contributed by atoms with Gasteiger partial charge in [0.05, 0.1) is 28.5 Å². The Kier molecular flexibility index (Phi) is 7.28. The van der Waals surface area contributed by atoms with E-state index in [-0.39, 0.29) is 29.5 Å². The van der Waals surface area contributed by atoms with Gasteiger partial charge in [-0.05, 0) is 43.2 Å². The third kappa shape index (κ3) is 5.51. The number of carbonyl (C=O) groups excluding carboxylic acids is 1. The first-order valence-electron chi connectivity index (χ1n) is 10.2. The van der Waals surface area contributed by atoms with E-state index in [9.17, 15) is 22.8 Å². The van der Waals surface area contributed by atoms with Crippen LogP contribution in [0.1, 0.15) is 37.8 Å². The second-order valence-corrected chi connectivity index (χ2v) is 9.07. The third-order valence-electron chi connectivity index (χ3n) is 5.12. The predicted octanol–water partition coefficient (Wildman–Crippen LogP) is 5.64. The molecule has 1 amide bonds. The zero-order valence-electron chi connectivity index (χ0n) is 18.0. The van der Waals surface area contributed by atoms with E-state index in [0.717, 1.165) is 18.1 Å². The highest BCUT2D eigenvalue weighted by Crippen LogP contribution is 2.38. The van der Waals surface area contributed by atoms with Crippen LogP contribution in [0.25, 0.3) is 10.9 Å². The summed E-state index contributed by atoms with van der Waals surface area (Å²) in [5, 5.41) is 2.95. The maximum Gasteiger partial charge on any atom is 0.418 e. The van der Waals surface area contributed by atoms with Gasteiger partial charge in [0.1, 0.15) is 0 Å². The molecule has 1 heterocycles. The molecule has 5 nitrogen and oxygen atoms in total. The Labute approximate surface area is 188 Å². The minimum atomic E-state index is -4.61. The highest BCUT2D eigenvalue weighted by Gasteiger charge is 2.34. The fourth-order valence-electron chi connectivity index (χ4n) is 3.19. The molecule has 0 spiro atoms. The number of hydrogen-bond acceptors (Lipinski definition) is 4. The molecule has 0 bridgehead atoms. The maximum atomic E-state index is 13.6. The van der Waals surface area contributed by atoms with Crippen molar-refractivity contribution in [3.63, 3.8) is 0 Å². The van der Waals surface area contributed by atoms with Crippen LogP contribution < -0.4 is 10.9 Å². The molecule has 0 saturated heterocycles. The highest BCUT2D eigenvalue weighted by atomic mass is 32.2. The summed E-state index contributed by atoms with van der Waals surface area (Å²) in [6.45, 7) is 5.76. The van der Waals surface area contributed by atoms with Crippen molar-refractivity contribution in [3.8, 4) is 0 Å². The van der Waals surface area contributed by atoms with Gasteiger partial charge >= 0.3 is 6.18 Å². The van der Waals surface area contributed by atoms with E-state index >= 15 is 0 Å². The van der Waals surface area contributed by atoms with Crippen LogP contribution in [0, 0.1) is 6.92 Å². The molecular formula is C23H24F3N3O2S. The fraction of sp³-hybridized carbons (Fsp3) is 0.348. The lowest BCUT2D eigenvalue weighted by Gasteiger charge is -2.16. The number of hydrogen-bond donors (Lipinski definition) is 1. The van der Waals surface area contributed by atoms with E-state index < -0.39 is 17.6 Å². The Balaban J connectivity index is 1.75. The Bertz CT molecular complexity index is 1190. The van der Waals surface area contributed by atoms with Crippen molar-refractivity contribution in [1.29, 1.82) is 0 Å². The minimum absolute atomic E-state index is 0.00481. The Morgan fingerprint density at radius 2 is 2.00 bits per heavy atom. The largest absolute Gasteiger partial charge is 0.418 e. The molecule has 0 fully saturated rings. The van der Waals surface area contributed by atoms with E-state index in [4.69, 9.17) is 0 Å². The van der Waals surface area contributed by atoms with E-state index in [1.165, 1.54) is 28.7 Å². The van der Waals surface area contributed by atoms with Crippen molar-refractivity contribution in [2.45, 2.75) is 56.5 Å². The molecule has 0 unspecified atom stereocenters. The predicted molar refractivity (Wildman–Crippen MR) is 121 cm³/mol. The molecule has 1 N–H and O–H groups in total. The van der Waals surface area contributed by atoms with Gasteiger partial charge in [0.2, 0.25) is 5.91 Å². The average molecular weight is 464 g/mol. The van der Waals surface area contributed by atoms with Gasteiger partial charge in [-0.25, -0.2) is 4.98 Å². The molecule has 0 aliphatic rings. The number of aryl methyl sites for hydroxylation is 2. The van der Waals surface area contributed by atoms with Crippen molar-refractivity contribution >= 4 is 34.3 Å². The molecule has 3 rings (SSSR count). The molecule has 0 aliphatic carbocycles. The molecule has 2 aromatic carbocycles. The SMILES string of the molecule is CC[C@@H](C)Sc1ccc(NC(=O)CCn2cnc3c(C)cccc3c2=O)c(C(F)(F)F)c1. The van der Waals surface area contributed by atoms with Gasteiger partial charge in [-0.3, -0.25) is 14.2 Å². The molecule has 1 aromatic heterocycles. The fourth-order valence-corrected chi connectivity index (χ4v) is 4.15. The summed E-state index contributed by atoms with van der Waals surface area (Å²) in [7, 11) is 0. The van der Waals surface area contributed by atoms with E-state index in [1.807, 2.05) is 26.8 Å². The van der Waals surface area contributed by atoms with Crippen molar-refractivity contribution in [3.05, 3.63) is 64.2 Å². The van der Waals surface area contributed by atoms with Crippen molar-refractivity contribution < 1.29 is 18.0 Å². The van der Waals surface area contributed by atoms with Gasteiger partial charge < -0.3 is 5.32 Å². The number of rotatable bonds is 7. The highest BCUT2D eigenvalue weighted by molar-refractivity contribution is 7.99. The first kappa shape index (κ1) is 23.8. The summed E-state index contributed by atoms with van der Waals surface area (Å²) in [6.07, 6.45) is -2.59. The number of anilines is 1. The van der Waals surface area contributed by atoms with Gasteiger partial charge in [0.25, 0.3) is 5.56 Å². The van der Waals surface area contributed by atoms with Crippen molar-refractivity contribution in [2.24, 2.45) is 0 Å². The molecule has 1 atom stereocenters. The number of para-hydroxylation sites is 1. The van der Waals surface area contributed by atoms with Crippen LogP contribution in [0.2, 0.25) is 0 Å². The smallest absolute Gasteiger partial charge is 0.325 e. The van der Waals surface area contributed by atoms with E-state index in [0.29, 0.717) is 15.8 Å². The average Bonchev–Trinajstić information content (AvgIpc) is 2.74. The van der Waals surface area contributed by atoms with Gasteiger partial charge in [0.15, 0.2) is 0 Å². The quantitative estimate of drug-likeness (QED) is 0.461. The summed E-state index contributed by atoms with van der Waals surface area (Å²) in [4.78, 5) is 29.8. The molecule has 170 valence electrons. The Hall–Kier alpha value is -2.81. The lowest BCUT2D eigenvalue weighted by Crippen LogP contribution is -2.24. The molecule has 0 radical (unpaired) electrons. The number of benzene rings is 2. The molecular weight excluding hydrogens is 439 g/mol. The molecule has 9 heteroatoms. The molecule has 0 aliphatic heterocycles. The lowest BCUT2D eigenvalue weighted by molar-refractivity contribution is -0.137. The summed E-state index contributed by atoms with van der Waals surface area (Å²) in [6, 6.07) is 9.16. The number of alkyl halides is 3. The Morgan fingerprint density at radius 1 is 1.25 bits per heavy atom. The standard InChI is InChI=1S/C23H24F3N3O2S/c1-4-15(3)32-16-8-9-19(18(12-16)23(24,25)26)28-20(30)10-11-29-13-27-21-14(2)6-5-7-17(21)22(29)31/h5-9,12-13,15H,4,10-11H2,1-3H3,(H,28,30)/t15-/m1/s1. The second kappa shape index (κ2) is 9.77. The molecule has 3 aromatic rings. The van der Waals surface area contributed by atoms with Crippen LogP contribution in [0.4, 0.5) is 18.9 Å². The number of nitrogens with zero attached hydrogens (tertiary/aromatic N) is 2. The van der Waals surface area contributed by atoms with E-state index in [2.05, 4.69) is 10.3 Å². The van der Waals surface area contributed by atoms with Gasteiger partial charge in [0, 0.05) is 23.1 Å². The van der Waals surface area contributed by atoms with Gasteiger partial charge in [-0.1, -0.05) is 26.0 Å². The van der Waals surface area contributed by atoms with Crippen LogP contribution in [0.3, 0.4) is 0 Å². The van der Waals surface area contributed by atoms with Crippen LogP contribution in [-0.4, -0.2) is 20.7 Å². The number of fused-ring (bicyclic) bond motifs is 1. The molecule has 0 saturated carbocycles. The number of amides is 1. The monoisotopic (exact) mass is 463 g/mol. The van der Waals surface area contributed by atoms with Crippen molar-refractivity contribution in [2.75, 3.05) is 5.32 Å². The maximum absolute atomic E-state index is 13.6. The third-order valence-corrected chi connectivity index (χ3v) is 6.38. The van der Waals surface area contributed by atoms with Gasteiger partial charge in [-0.2, -0.15) is 13.2 Å². The topological polar surface area (TPSA) is 64.0 Å². The number of nitrogens with one attached hydrogen (secondary N) is 1. The minimum Gasteiger partial charge on any atom is -0.325 e. The van der Waals surface area contributed by atoms with Crippen LogP contribution in [0.5, 0.6) is 0 Å².